The van der Waals surface area contributed by atoms with Crippen LogP contribution in [0.5, 0.6) is 0 Å². The van der Waals surface area contributed by atoms with Crippen LogP contribution in [0.15, 0.2) is 24.3 Å². The molecule has 0 aromatic heterocycles. The van der Waals surface area contributed by atoms with Crippen LogP contribution in [-0.2, 0) is 5.60 Å². The Morgan fingerprint density at radius 3 is 2.32 bits per heavy atom. The predicted octanol–water partition coefficient (Wildman–Crippen LogP) is 1.77. The van der Waals surface area contributed by atoms with Crippen molar-refractivity contribution < 1.29 is 14.6 Å². The molecule has 0 saturated carbocycles. The molecule has 106 valence electrons. The van der Waals surface area contributed by atoms with Crippen LogP contribution >= 0.6 is 0 Å². The van der Waals surface area contributed by atoms with Gasteiger partial charge < -0.3 is 15.9 Å². The highest BCUT2D eigenvalue weighted by Gasteiger charge is 2.25. The van der Waals surface area contributed by atoms with Gasteiger partial charge in [0, 0.05) is 0 Å². The number of aliphatic hydroxyl groups excluding tert-OH is 1. The number of rotatable bonds is 4. The molecule has 0 spiro atoms. The number of benzene rings is 1. The molecule has 19 heavy (non-hydrogen) atoms. The smallest absolute Gasteiger partial charge is 0.151 e. The first-order valence-electron chi connectivity index (χ1n) is 6.29. The average molecular weight is 267 g/mol. The summed E-state index contributed by atoms with van der Waals surface area (Å²) in [6.07, 6.45) is 2.22. The van der Waals surface area contributed by atoms with Gasteiger partial charge in [-0.2, -0.15) is 0 Å². The Labute approximate surface area is 114 Å². The summed E-state index contributed by atoms with van der Waals surface area (Å²) in [7, 11) is 1.50. The zero-order valence-electron chi connectivity index (χ0n) is 11.5. The molecule has 3 nitrogen and oxygen atoms in total. The third-order valence-electron chi connectivity index (χ3n) is 2.59. The van der Waals surface area contributed by atoms with Gasteiger partial charge in [-0.15, -0.1) is 0 Å². The van der Waals surface area contributed by atoms with E-state index in [0.717, 1.165) is 12.8 Å². The Bertz CT molecular complexity index is 408. The van der Waals surface area contributed by atoms with Crippen LogP contribution in [0.3, 0.4) is 0 Å². The Kier molecular flexibility index (Phi) is 8.81. The maximum atomic E-state index is 12.8. The van der Waals surface area contributed by atoms with Gasteiger partial charge in [-0.05, 0) is 37.6 Å². The van der Waals surface area contributed by atoms with Crippen molar-refractivity contribution in [1.29, 1.82) is 0 Å². The summed E-state index contributed by atoms with van der Waals surface area (Å²) < 4.78 is 12.8. The second kappa shape index (κ2) is 9.51. The van der Waals surface area contributed by atoms with E-state index in [2.05, 4.69) is 17.6 Å². The fraction of sp³-hybridized carbons (Fsp3) is 0.467. The minimum absolute atomic E-state index is 0.296. The molecule has 0 heterocycles. The van der Waals surface area contributed by atoms with Gasteiger partial charge in [0.2, 0.25) is 0 Å². The molecule has 1 aromatic rings. The van der Waals surface area contributed by atoms with Crippen molar-refractivity contribution in [3.63, 3.8) is 0 Å². The molecule has 0 amide bonds. The van der Waals surface area contributed by atoms with Crippen molar-refractivity contribution in [3.8, 4) is 11.8 Å². The van der Waals surface area contributed by atoms with Crippen LogP contribution in [-0.4, -0.2) is 23.9 Å². The van der Waals surface area contributed by atoms with Gasteiger partial charge in [-0.25, -0.2) is 4.39 Å². The molecule has 1 aromatic carbocycles. The number of aliphatic hydroxyl groups is 2. The van der Waals surface area contributed by atoms with Crippen LogP contribution in [0, 0.1) is 17.7 Å². The number of halogens is 1. The lowest BCUT2D eigenvalue weighted by Crippen LogP contribution is -2.23. The summed E-state index contributed by atoms with van der Waals surface area (Å²) in [5.41, 5.74) is 3.76. The standard InChI is InChI=1S/C14H17FO2.CH5N/c1-2-3-9-14(17,10-4-11-16)12-5-7-13(15)8-6-12;1-2/h5-8,16-17H,2-3,9,11H2,1H3;2H2,1H3. The molecule has 0 radical (unpaired) electrons. The van der Waals surface area contributed by atoms with E-state index in [1.165, 1.54) is 31.3 Å². The first kappa shape index (κ1) is 17.6. The monoisotopic (exact) mass is 267 g/mol. The largest absolute Gasteiger partial charge is 0.384 e. The number of hydrogen-bond acceptors (Lipinski definition) is 3. The fourth-order valence-corrected chi connectivity index (χ4v) is 1.62. The van der Waals surface area contributed by atoms with E-state index in [1.54, 1.807) is 0 Å². The number of hydrogen-bond donors (Lipinski definition) is 3. The third-order valence-corrected chi connectivity index (χ3v) is 2.59. The molecule has 0 saturated heterocycles. The Balaban J connectivity index is 0.00000154. The molecule has 0 aliphatic rings. The zero-order chi connectivity index (χ0) is 14.7. The summed E-state index contributed by atoms with van der Waals surface area (Å²) >= 11 is 0. The summed E-state index contributed by atoms with van der Waals surface area (Å²) in [5.74, 6) is 4.78. The minimum Gasteiger partial charge on any atom is -0.384 e. The van der Waals surface area contributed by atoms with Gasteiger partial charge in [-0.3, -0.25) is 0 Å². The van der Waals surface area contributed by atoms with E-state index in [1.807, 2.05) is 6.92 Å². The lowest BCUT2D eigenvalue weighted by atomic mass is 9.89. The van der Waals surface area contributed by atoms with Gasteiger partial charge in [0.15, 0.2) is 5.60 Å². The maximum absolute atomic E-state index is 12.8. The van der Waals surface area contributed by atoms with Crippen LogP contribution in [0.2, 0.25) is 0 Å². The predicted molar refractivity (Wildman–Crippen MR) is 74.8 cm³/mol. The van der Waals surface area contributed by atoms with Crippen LogP contribution in [0.25, 0.3) is 0 Å². The van der Waals surface area contributed by atoms with Gasteiger partial charge in [0.25, 0.3) is 0 Å². The molecule has 1 rings (SSSR count). The van der Waals surface area contributed by atoms with E-state index >= 15 is 0 Å². The highest BCUT2D eigenvalue weighted by Crippen LogP contribution is 2.26. The Morgan fingerprint density at radius 2 is 1.84 bits per heavy atom. The zero-order valence-corrected chi connectivity index (χ0v) is 11.5. The van der Waals surface area contributed by atoms with Crippen molar-refractivity contribution >= 4 is 0 Å². The second-order valence-corrected chi connectivity index (χ2v) is 3.93. The van der Waals surface area contributed by atoms with Crippen molar-refractivity contribution in [2.24, 2.45) is 5.73 Å². The van der Waals surface area contributed by atoms with Gasteiger partial charge in [0.1, 0.15) is 12.4 Å². The molecule has 1 atom stereocenters. The van der Waals surface area contributed by atoms with E-state index in [-0.39, 0.29) is 12.4 Å². The Hall–Kier alpha value is -1.41. The SMILES string of the molecule is CCCCC(O)(C#CCO)c1ccc(F)cc1.CN. The van der Waals surface area contributed by atoms with E-state index < -0.39 is 5.60 Å². The number of nitrogens with two attached hydrogens (primary N) is 1. The molecule has 0 aliphatic carbocycles. The Morgan fingerprint density at radius 1 is 1.26 bits per heavy atom. The van der Waals surface area contributed by atoms with E-state index in [4.69, 9.17) is 5.11 Å². The van der Waals surface area contributed by atoms with Crippen molar-refractivity contribution in [1.82, 2.24) is 0 Å². The quantitative estimate of drug-likeness (QED) is 0.728. The molecule has 0 aliphatic heterocycles. The third kappa shape index (κ3) is 5.84. The van der Waals surface area contributed by atoms with Gasteiger partial charge in [0.05, 0.1) is 0 Å². The topological polar surface area (TPSA) is 66.5 Å². The van der Waals surface area contributed by atoms with Crippen LogP contribution in [0.4, 0.5) is 4.39 Å². The molecule has 0 fully saturated rings. The molecule has 4 heteroatoms. The molecule has 4 N–H and O–H groups in total. The first-order valence-corrected chi connectivity index (χ1v) is 6.29. The van der Waals surface area contributed by atoms with Gasteiger partial charge in [-0.1, -0.05) is 37.3 Å². The summed E-state index contributed by atoms with van der Waals surface area (Å²) in [4.78, 5) is 0. The van der Waals surface area contributed by atoms with E-state index in [0.29, 0.717) is 12.0 Å². The van der Waals surface area contributed by atoms with Crippen LogP contribution < -0.4 is 5.73 Å². The molecule has 1 unspecified atom stereocenters. The summed E-state index contributed by atoms with van der Waals surface area (Å²) in [5, 5.41) is 19.1. The van der Waals surface area contributed by atoms with Crippen LogP contribution in [0.1, 0.15) is 31.7 Å². The van der Waals surface area contributed by atoms with Crippen molar-refractivity contribution in [3.05, 3.63) is 35.6 Å². The number of unbranched alkanes of at least 4 members (excludes halogenated alkanes) is 1. The highest BCUT2D eigenvalue weighted by molar-refractivity contribution is 5.32. The van der Waals surface area contributed by atoms with Gasteiger partial charge >= 0.3 is 0 Å². The second-order valence-electron chi connectivity index (χ2n) is 3.93. The fourth-order valence-electron chi connectivity index (χ4n) is 1.62. The summed E-state index contributed by atoms with van der Waals surface area (Å²) in [6.45, 7) is 1.72. The first-order chi connectivity index (χ1) is 9.12. The van der Waals surface area contributed by atoms with Crippen molar-refractivity contribution in [2.75, 3.05) is 13.7 Å². The average Bonchev–Trinajstić information content (AvgIpc) is 2.46. The lowest BCUT2D eigenvalue weighted by Gasteiger charge is -2.22. The summed E-state index contributed by atoms with van der Waals surface area (Å²) in [6, 6.07) is 5.65. The van der Waals surface area contributed by atoms with Crippen molar-refractivity contribution in [2.45, 2.75) is 31.8 Å². The normalized spacial score (nSPS) is 12.5. The molecular formula is C15H22FNO2. The molecule has 0 bridgehead atoms. The molecular weight excluding hydrogens is 245 g/mol. The highest BCUT2D eigenvalue weighted by atomic mass is 19.1. The minimum atomic E-state index is -1.30. The lowest BCUT2D eigenvalue weighted by molar-refractivity contribution is 0.0872. The van der Waals surface area contributed by atoms with E-state index in [9.17, 15) is 9.50 Å². The maximum Gasteiger partial charge on any atom is 0.151 e.